The number of benzene rings is 3. The fraction of sp³-hybridized carbons (Fsp3) is 0.317. The Morgan fingerprint density at radius 1 is 0.723 bits per heavy atom. The van der Waals surface area contributed by atoms with Crippen molar-refractivity contribution in [2.24, 2.45) is 11.8 Å². The number of carbonyl (C=O) groups excluding carboxylic acids is 1. The highest BCUT2D eigenvalue weighted by molar-refractivity contribution is 6.11. The highest BCUT2D eigenvalue weighted by Crippen LogP contribution is 2.35. The van der Waals surface area contributed by atoms with Crippen molar-refractivity contribution in [3.8, 4) is 11.5 Å². The number of fused-ring (bicyclic) bond motifs is 1. The van der Waals surface area contributed by atoms with Crippen molar-refractivity contribution in [1.29, 1.82) is 0 Å². The van der Waals surface area contributed by atoms with Gasteiger partial charge in [0.2, 0.25) is 5.78 Å². The standard InChI is InChI=1S/C41H45NO5/c1-28(2)23-30-14-18-32(19-15-30)26-46-38-12-8-10-35(41(38)47-27-33-20-16-31(17-21-33)24-29(3)4)40(45)37-25-34(9-7-13-39(43)44)36-11-5-6-22-42(36)37/h5-6,8,10-12,14-22,25,28-29H,7,9,13,23-24,26-27H2,1-4H3,(H,43,44). The number of carboxylic acids is 1. The van der Waals surface area contributed by atoms with Crippen LogP contribution in [-0.2, 0) is 37.3 Å². The van der Waals surface area contributed by atoms with Crippen LogP contribution in [0.3, 0.4) is 0 Å². The van der Waals surface area contributed by atoms with E-state index in [1.807, 2.05) is 47.0 Å². The van der Waals surface area contributed by atoms with Crippen LogP contribution in [0.5, 0.6) is 11.5 Å². The van der Waals surface area contributed by atoms with E-state index in [2.05, 4.69) is 76.2 Å². The Kier molecular flexibility index (Phi) is 11.2. The number of hydrogen-bond donors (Lipinski definition) is 1. The molecule has 2 aromatic heterocycles. The average molecular weight is 632 g/mol. The van der Waals surface area contributed by atoms with Crippen LogP contribution in [0.25, 0.3) is 5.52 Å². The van der Waals surface area contributed by atoms with Crippen molar-refractivity contribution >= 4 is 17.3 Å². The lowest BCUT2D eigenvalue weighted by Gasteiger charge is -2.17. The number of para-hydroxylation sites is 1. The zero-order valence-electron chi connectivity index (χ0n) is 27.9. The predicted molar refractivity (Wildman–Crippen MR) is 186 cm³/mol. The number of rotatable bonds is 16. The first-order valence-corrected chi connectivity index (χ1v) is 16.6. The molecular formula is C41H45NO5. The molecule has 2 heterocycles. The highest BCUT2D eigenvalue weighted by atomic mass is 16.5. The minimum Gasteiger partial charge on any atom is -0.485 e. The molecule has 47 heavy (non-hydrogen) atoms. The summed E-state index contributed by atoms with van der Waals surface area (Å²) in [6.07, 6.45) is 5.03. The average Bonchev–Trinajstić information content (AvgIpc) is 3.41. The van der Waals surface area contributed by atoms with Crippen molar-refractivity contribution in [3.05, 3.63) is 136 Å². The largest absolute Gasteiger partial charge is 0.485 e. The van der Waals surface area contributed by atoms with E-state index in [1.165, 1.54) is 11.1 Å². The van der Waals surface area contributed by atoms with Gasteiger partial charge in [0, 0.05) is 18.1 Å². The normalized spacial score (nSPS) is 11.4. The topological polar surface area (TPSA) is 77.2 Å². The monoisotopic (exact) mass is 631 g/mol. The van der Waals surface area contributed by atoms with Crippen LogP contribution in [0.4, 0.5) is 0 Å². The van der Waals surface area contributed by atoms with Crippen LogP contribution >= 0.6 is 0 Å². The maximum Gasteiger partial charge on any atom is 0.303 e. The fourth-order valence-corrected chi connectivity index (χ4v) is 5.93. The minimum atomic E-state index is -0.829. The van der Waals surface area contributed by atoms with E-state index in [0.717, 1.165) is 35.0 Å². The summed E-state index contributed by atoms with van der Waals surface area (Å²) in [6, 6.07) is 30.0. The first-order chi connectivity index (χ1) is 22.7. The summed E-state index contributed by atoms with van der Waals surface area (Å²) in [5.41, 5.74) is 7.33. The number of carbonyl (C=O) groups is 2. The van der Waals surface area contributed by atoms with Crippen molar-refractivity contribution in [2.45, 2.75) is 73.0 Å². The molecule has 244 valence electrons. The molecule has 0 radical (unpaired) electrons. The second-order valence-electron chi connectivity index (χ2n) is 13.1. The molecule has 0 unspecified atom stereocenters. The molecule has 1 N–H and O–H groups in total. The smallest absolute Gasteiger partial charge is 0.303 e. The van der Waals surface area contributed by atoms with Gasteiger partial charge in [-0.3, -0.25) is 9.59 Å². The Morgan fingerprint density at radius 2 is 1.32 bits per heavy atom. The molecule has 0 saturated heterocycles. The molecule has 0 fully saturated rings. The van der Waals surface area contributed by atoms with Gasteiger partial charge in [-0.1, -0.05) is 88.4 Å². The second kappa shape index (κ2) is 15.6. The number of pyridine rings is 1. The van der Waals surface area contributed by atoms with E-state index in [-0.39, 0.29) is 18.8 Å². The Balaban J connectivity index is 1.45. The van der Waals surface area contributed by atoms with Crippen LogP contribution in [-0.4, -0.2) is 21.3 Å². The molecule has 5 rings (SSSR count). The van der Waals surface area contributed by atoms with Gasteiger partial charge in [0.25, 0.3) is 0 Å². The molecule has 6 heteroatoms. The molecule has 0 bridgehead atoms. The van der Waals surface area contributed by atoms with Crippen LogP contribution in [0.15, 0.2) is 97.2 Å². The first-order valence-electron chi connectivity index (χ1n) is 16.6. The summed E-state index contributed by atoms with van der Waals surface area (Å²) in [6.45, 7) is 9.46. The lowest BCUT2D eigenvalue weighted by Crippen LogP contribution is -2.10. The maximum absolute atomic E-state index is 14.3. The van der Waals surface area contributed by atoms with E-state index < -0.39 is 5.97 Å². The molecule has 0 aliphatic rings. The third-order valence-electron chi connectivity index (χ3n) is 8.16. The zero-order chi connectivity index (χ0) is 33.3. The Hall–Kier alpha value is -4.84. The summed E-state index contributed by atoms with van der Waals surface area (Å²) < 4.78 is 14.7. The molecule has 3 aromatic carbocycles. The van der Waals surface area contributed by atoms with E-state index in [9.17, 15) is 9.59 Å². The summed E-state index contributed by atoms with van der Waals surface area (Å²) in [7, 11) is 0. The van der Waals surface area contributed by atoms with Crippen LogP contribution in [0.1, 0.15) is 84.4 Å². The van der Waals surface area contributed by atoms with Gasteiger partial charge in [0.1, 0.15) is 13.2 Å². The molecule has 0 saturated carbocycles. The molecule has 0 aliphatic carbocycles. The minimum absolute atomic E-state index is 0.0731. The van der Waals surface area contributed by atoms with Crippen LogP contribution in [0.2, 0.25) is 0 Å². The Labute approximate surface area is 278 Å². The van der Waals surface area contributed by atoms with Gasteiger partial charge in [0.15, 0.2) is 11.5 Å². The van der Waals surface area contributed by atoms with E-state index in [1.54, 1.807) is 6.07 Å². The van der Waals surface area contributed by atoms with Crippen LogP contribution < -0.4 is 9.47 Å². The molecule has 0 spiro atoms. The molecule has 0 amide bonds. The van der Waals surface area contributed by atoms with Gasteiger partial charge in [-0.25, -0.2) is 0 Å². The number of hydrogen-bond acceptors (Lipinski definition) is 4. The lowest BCUT2D eigenvalue weighted by atomic mass is 10.0. The number of ketones is 1. The quantitative estimate of drug-likeness (QED) is 0.110. The number of carboxylic acid groups (broad SMARTS) is 1. The van der Waals surface area contributed by atoms with Crippen molar-refractivity contribution in [2.75, 3.05) is 0 Å². The van der Waals surface area contributed by atoms with Crippen LogP contribution in [0, 0.1) is 11.8 Å². The summed E-state index contributed by atoms with van der Waals surface area (Å²) in [5, 5.41) is 9.16. The molecule has 0 atom stereocenters. The predicted octanol–water partition coefficient (Wildman–Crippen LogP) is 9.13. The zero-order valence-corrected chi connectivity index (χ0v) is 27.9. The fourth-order valence-electron chi connectivity index (χ4n) is 5.93. The first kappa shape index (κ1) is 33.5. The van der Waals surface area contributed by atoms with E-state index in [4.69, 9.17) is 14.6 Å². The summed E-state index contributed by atoms with van der Waals surface area (Å²) in [4.78, 5) is 25.5. The molecule has 6 nitrogen and oxygen atoms in total. The van der Waals surface area contributed by atoms with Gasteiger partial charge in [-0.05, 0) is 95.7 Å². The summed E-state index contributed by atoms with van der Waals surface area (Å²) in [5.74, 6) is 1.04. The highest BCUT2D eigenvalue weighted by Gasteiger charge is 2.23. The van der Waals surface area contributed by atoms with Gasteiger partial charge in [0.05, 0.1) is 11.3 Å². The number of aliphatic carboxylic acids is 1. The lowest BCUT2D eigenvalue weighted by molar-refractivity contribution is -0.137. The summed E-state index contributed by atoms with van der Waals surface area (Å²) >= 11 is 0. The number of aromatic nitrogens is 1. The third-order valence-corrected chi connectivity index (χ3v) is 8.16. The van der Waals surface area contributed by atoms with Gasteiger partial charge < -0.3 is 19.0 Å². The maximum atomic E-state index is 14.3. The number of ether oxygens (including phenoxy) is 2. The van der Waals surface area contributed by atoms with E-state index >= 15 is 0 Å². The van der Waals surface area contributed by atoms with Crippen molar-refractivity contribution < 1.29 is 24.2 Å². The molecule has 5 aromatic rings. The van der Waals surface area contributed by atoms with Gasteiger partial charge in [-0.2, -0.15) is 0 Å². The number of nitrogens with zero attached hydrogens (tertiary/aromatic N) is 1. The SMILES string of the molecule is CC(C)Cc1ccc(COc2cccc(C(=O)c3cc(CCCC(=O)O)c4ccccn34)c2OCc2ccc(CC(C)C)cc2)cc1. The Morgan fingerprint density at radius 3 is 1.91 bits per heavy atom. The van der Waals surface area contributed by atoms with Gasteiger partial charge in [-0.15, -0.1) is 0 Å². The van der Waals surface area contributed by atoms with Crippen molar-refractivity contribution in [1.82, 2.24) is 4.40 Å². The Bertz CT molecular complexity index is 1800. The van der Waals surface area contributed by atoms with Gasteiger partial charge >= 0.3 is 5.97 Å². The third kappa shape index (κ3) is 8.91. The second-order valence-corrected chi connectivity index (χ2v) is 13.1. The molecular weight excluding hydrogens is 586 g/mol. The number of aryl methyl sites for hydroxylation is 1. The van der Waals surface area contributed by atoms with Crippen molar-refractivity contribution in [3.63, 3.8) is 0 Å². The van der Waals surface area contributed by atoms with E-state index in [0.29, 0.717) is 54.0 Å². The molecule has 0 aliphatic heterocycles.